The summed E-state index contributed by atoms with van der Waals surface area (Å²) >= 11 is 1.28. The van der Waals surface area contributed by atoms with Crippen molar-refractivity contribution in [3.8, 4) is 0 Å². The number of imide groups is 1. The van der Waals surface area contributed by atoms with Gasteiger partial charge in [-0.05, 0) is 26.3 Å². The third-order valence-corrected chi connectivity index (χ3v) is 3.45. The molecule has 0 radical (unpaired) electrons. The highest BCUT2D eigenvalue weighted by molar-refractivity contribution is 7.99. The number of hydrogen-bond acceptors (Lipinski definition) is 4. The summed E-state index contributed by atoms with van der Waals surface area (Å²) in [7, 11) is 0. The van der Waals surface area contributed by atoms with Crippen molar-refractivity contribution in [2.45, 2.75) is 32.4 Å². The molecule has 0 aliphatic heterocycles. The predicted octanol–water partition coefficient (Wildman–Crippen LogP) is 2.08. The van der Waals surface area contributed by atoms with Crippen molar-refractivity contribution in [1.29, 1.82) is 0 Å². The average Bonchev–Trinajstić information content (AvgIpc) is 2.37. The maximum Gasteiger partial charge on any atom is 0.321 e. The Morgan fingerprint density at radius 3 is 2.43 bits per heavy atom. The summed E-state index contributed by atoms with van der Waals surface area (Å²) in [5.74, 6) is 0.154. The molecule has 5 nitrogen and oxygen atoms in total. The lowest BCUT2D eigenvalue weighted by atomic mass is 10.1. The summed E-state index contributed by atoms with van der Waals surface area (Å²) in [6.07, 6.45) is -0.618. The molecule has 1 rings (SSSR count). The van der Waals surface area contributed by atoms with E-state index in [0.717, 1.165) is 5.56 Å². The lowest BCUT2D eigenvalue weighted by Crippen LogP contribution is -2.48. The number of carbonyl (C=O) groups excluding carboxylic acids is 2. The fourth-order valence-electron chi connectivity index (χ4n) is 1.57. The summed E-state index contributed by atoms with van der Waals surface area (Å²) in [6, 6.07) is 8.76. The Balaban J connectivity index is 2.26. The second-order valence-corrected chi connectivity index (χ2v) is 6.72. The summed E-state index contributed by atoms with van der Waals surface area (Å²) in [6.45, 7) is 5.51. The normalized spacial score (nSPS) is 12.6. The van der Waals surface area contributed by atoms with Gasteiger partial charge in [-0.25, -0.2) is 4.79 Å². The largest absolute Gasteiger partial charge is 0.388 e. The van der Waals surface area contributed by atoms with Crippen molar-refractivity contribution in [3.63, 3.8) is 0 Å². The second-order valence-electron chi connectivity index (χ2n) is 5.69. The van der Waals surface area contributed by atoms with Crippen molar-refractivity contribution in [2.24, 2.45) is 0 Å². The fourth-order valence-corrected chi connectivity index (χ4v) is 2.36. The first-order valence-electron chi connectivity index (χ1n) is 6.70. The summed E-state index contributed by atoms with van der Waals surface area (Å²) in [5.41, 5.74) is 0.428. The highest BCUT2D eigenvalue weighted by atomic mass is 32.2. The van der Waals surface area contributed by atoms with Gasteiger partial charge in [-0.2, -0.15) is 0 Å². The highest BCUT2D eigenvalue weighted by Crippen LogP contribution is 2.17. The zero-order chi connectivity index (χ0) is 15.9. The highest BCUT2D eigenvalue weighted by Gasteiger charge is 2.16. The first kappa shape index (κ1) is 17.5. The van der Waals surface area contributed by atoms with Gasteiger partial charge in [0.25, 0.3) is 0 Å². The molecular formula is C15H22N2O3S. The van der Waals surface area contributed by atoms with Crippen LogP contribution >= 0.6 is 11.8 Å². The molecule has 0 saturated heterocycles. The first-order valence-corrected chi connectivity index (χ1v) is 7.86. The molecule has 1 aromatic carbocycles. The van der Waals surface area contributed by atoms with Gasteiger partial charge in [0, 0.05) is 11.3 Å². The standard InChI is InChI=1S/C15H22N2O3S/c1-15(2,3)17-14(20)16-13(19)10-21-9-12(18)11-7-5-4-6-8-11/h4-8,12,18H,9-10H2,1-3H3,(H2,16,17,19,20)/t12-/m0/s1. The molecule has 0 bridgehead atoms. The van der Waals surface area contributed by atoms with Crippen LogP contribution in [0.15, 0.2) is 30.3 Å². The maximum absolute atomic E-state index is 11.6. The average molecular weight is 310 g/mol. The van der Waals surface area contributed by atoms with Gasteiger partial charge in [0.2, 0.25) is 5.91 Å². The molecule has 0 aliphatic carbocycles. The van der Waals surface area contributed by atoms with Crippen molar-refractivity contribution in [2.75, 3.05) is 11.5 Å². The third kappa shape index (κ3) is 7.72. The van der Waals surface area contributed by atoms with Crippen molar-refractivity contribution in [1.82, 2.24) is 10.6 Å². The number of aliphatic hydroxyl groups excluding tert-OH is 1. The fraction of sp³-hybridized carbons (Fsp3) is 0.467. The van der Waals surface area contributed by atoms with Crippen LogP contribution < -0.4 is 10.6 Å². The number of urea groups is 1. The number of thioether (sulfide) groups is 1. The minimum absolute atomic E-state index is 0.126. The molecule has 0 fully saturated rings. The molecule has 0 aromatic heterocycles. The van der Waals surface area contributed by atoms with Gasteiger partial charge in [0.15, 0.2) is 0 Å². The molecule has 0 spiro atoms. The molecular weight excluding hydrogens is 288 g/mol. The number of hydrogen-bond donors (Lipinski definition) is 3. The molecule has 1 aromatic rings. The Morgan fingerprint density at radius 2 is 1.86 bits per heavy atom. The SMILES string of the molecule is CC(C)(C)NC(=O)NC(=O)CSC[C@H](O)c1ccccc1. The number of carbonyl (C=O) groups is 2. The summed E-state index contributed by atoms with van der Waals surface area (Å²) < 4.78 is 0. The van der Waals surface area contributed by atoms with Crippen molar-refractivity contribution >= 4 is 23.7 Å². The van der Waals surface area contributed by atoms with E-state index >= 15 is 0 Å². The van der Waals surface area contributed by atoms with Crippen LogP contribution in [0, 0.1) is 0 Å². The van der Waals surface area contributed by atoms with Crippen molar-refractivity contribution in [3.05, 3.63) is 35.9 Å². The quantitative estimate of drug-likeness (QED) is 0.778. The van der Waals surface area contributed by atoms with Gasteiger partial charge in [-0.1, -0.05) is 30.3 Å². The van der Waals surface area contributed by atoms with Gasteiger partial charge in [-0.3, -0.25) is 10.1 Å². The predicted molar refractivity (Wildman–Crippen MR) is 85.2 cm³/mol. The molecule has 3 N–H and O–H groups in total. The van der Waals surface area contributed by atoms with E-state index in [4.69, 9.17) is 0 Å². The van der Waals surface area contributed by atoms with E-state index in [1.54, 1.807) is 0 Å². The smallest absolute Gasteiger partial charge is 0.321 e. The summed E-state index contributed by atoms with van der Waals surface area (Å²) in [4.78, 5) is 23.1. The van der Waals surface area contributed by atoms with Gasteiger partial charge in [-0.15, -0.1) is 11.8 Å². The van der Waals surface area contributed by atoms with Crippen molar-refractivity contribution < 1.29 is 14.7 Å². The van der Waals surface area contributed by atoms with E-state index in [-0.39, 0.29) is 17.2 Å². The van der Waals surface area contributed by atoms with E-state index in [0.29, 0.717) is 5.75 Å². The summed E-state index contributed by atoms with van der Waals surface area (Å²) in [5, 5.41) is 14.8. The van der Waals surface area contributed by atoms with Crippen LogP contribution in [0.4, 0.5) is 4.79 Å². The Bertz CT molecular complexity index is 472. The number of aliphatic hydroxyl groups is 1. The molecule has 0 aliphatic rings. The van der Waals surface area contributed by atoms with Crippen LogP contribution in [-0.2, 0) is 4.79 Å². The Kier molecular flexibility index (Phi) is 6.71. The molecule has 0 saturated carbocycles. The molecule has 6 heteroatoms. The van der Waals surface area contributed by atoms with E-state index < -0.39 is 12.1 Å². The van der Waals surface area contributed by atoms with E-state index in [1.807, 2.05) is 51.1 Å². The molecule has 0 unspecified atom stereocenters. The van der Waals surface area contributed by atoms with E-state index in [1.165, 1.54) is 11.8 Å². The third-order valence-electron chi connectivity index (χ3n) is 2.43. The topological polar surface area (TPSA) is 78.4 Å². The maximum atomic E-state index is 11.6. The van der Waals surface area contributed by atoms with E-state index in [2.05, 4.69) is 10.6 Å². The van der Waals surface area contributed by atoms with Crippen LogP contribution in [0.5, 0.6) is 0 Å². The zero-order valence-electron chi connectivity index (χ0n) is 12.6. The number of rotatable bonds is 5. The minimum Gasteiger partial charge on any atom is -0.388 e. The van der Waals surface area contributed by atoms with E-state index in [9.17, 15) is 14.7 Å². The lowest BCUT2D eigenvalue weighted by molar-refractivity contribution is -0.117. The number of nitrogens with one attached hydrogen (secondary N) is 2. The zero-order valence-corrected chi connectivity index (χ0v) is 13.4. The van der Waals surface area contributed by atoms with Gasteiger partial charge >= 0.3 is 6.03 Å². The van der Waals surface area contributed by atoms with Crippen LogP contribution in [0.3, 0.4) is 0 Å². The number of amides is 3. The van der Waals surface area contributed by atoms with Crippen LogP contribution in [0.1, 0.15) is 32.4 Å². The van der Waals surface area contributed by atoms with Crippen LogP contribution in [-0.4, -0.2) is 34.1 Å². The van der Waals surface area contributed by atoms with Crippen LogP contribution in [0.2, 0.25) is 0 Å². The first-order chi connectivity index (χ1) is 9.78. The molecule has 1 atom stereocenters. The molecule has 3 amide bonds. The number of benzene rings is 1. The Labute approximate surface area is 129 Å². The molecule has 116 valence electrons. The van der Waals surface area contributed by atoms with Gasteiger partial charge in [0.1, 0.15) is 0 Å². The Hall–Kier alpha value is -1.53. The lowest BCUT2D eigenvalue weighted by Gasteiger charge is -2.20. The minimum atomic E-state index is -0.618. The molecule has 21 heavy (non-hydrogen) atoms. The monoisotopic (exact) mass is 310 g/mol. The van der Waals surface area contributed by atoms with Gasteiger partial charge in [0.05, 0.1) is 11.9 Å². The van der Waals surface area contributed by atoms with Gasteiger partial charge < -0.3 is 10.4 Å². The second kappa shape index (κ2) is 8.05. The van der Waals surface area contributed by atoms with Crippen LogP contribution in [0.25, 0.3) is 0 Å². The molecule has 0 heterocycles. The Morgan fingerprint density at radius 1 is 1.24 bits per heavy atom.